The van der Waals surface area contributed by atoms with Crippen LogP contribution in [0.25, 0.3) is 6.08 Å². The van der Waals surface area contributed by atoms with Gasteiger partial charge >= 0.3 is 0 Å². The van der Waals surface area contributed by atoms with Crippen molar-refractivity contribution in [2.75, 3.05) is 0 Å². The number of carbonyl (C=O) groups is 1. The van der Waals surface area contributed by atoms with Gasteiger partial charge in [-0.3, -0.25) is 4.79 Å². The smallest absolute Gasteiger partial charge is 0.189 e. The van der Waals surface area contributed by atoms with Crippen LogP contribution in [0.5, 0.6) is 23.0 Å². The average Bonchev–Trinajstić information content (AvgIpc) is 2.66. The van der Waals surface area contributed by atoms with Gasteiger partial charge in [0, 0.05) is 17.7 Å². The second-order valence-electron chi connectivity index (χ2n) is 7.51. The third-order valence-corrected chi connectivity index (χ3v) is 4.65. The molecular formula is C25H28O5. The molecule has 0 heterocycles. The second kappa shape index (κ2) is 10.3. The van der Waals surface area contributed by atoms with Gasteiger partial charge < -0.3 is 20.4 Å². The van der Waals surface area contributed by atoms with Gasteiger partial charge in [-0.25, -0.2) is 0 Å². The van der Waals surface area contributed by atoms with Gasteiger partial charge in [0.2, 0.25) is 0 Å². The van der Waals surface area contributed by atoms with Crippen molar-refractivity contribution in [3.63, 3.8) is 0 Å². The summed E-state index contributed by atoms with van der Waals surface area (Å²) in [5.74, 6) is -1.11. The van der Waals surface area contributed by atoms with Gasteiger partial charge in [0.15, 0.2) is 5.78 Å². The molecule has 0 saturated carbocycles. The number of phenolic OH excluding ortho intramolecular Hbond substituents is 4. The van der Waals surface area contributed by atoms with Gasteiger partial charge in [-0.05, 0) is 75.9 Å². The zero-order valence-electron chi connectivity index (χ0n) is 17.5. The van der Waals surface area contributed by atoms with Gasteiger partial charge in [-0.15, -0.1) is 0 Å². The number of hydrogen-bond acceptors (Lipinski definition) is 5. The SMILES string of the molecule is CC(C)=CCC/C(C)=C/Cc1cc(/C=C/C(=O)c2ccc(O)cc2O)c(O)cc1O. The van der Waals surface area contributed by atoms with Crippen molar-refractivity contribution in [3.05, 3.63) is 76.4 Å². The van der Waals surface area contributed by atoms with Crippen LogP contribution in [0.2, 0.25) is 0 Å². The van der Waals surface area contributed by atoms with Gasteiger partial charge in [0.1, 0.15) is 23.0 Å². The highest BCUT2D eigenvalue weighted by Gasteiger charge is 2.10. The van der Waals surface area contributed by atoms with Crippen LogP contribution in [0.4, 0.5) is 0 Å². The fourth-order valence-electron chi connectivity index (χ4n) is 2.90. The lowest BCUT2D eigenvalue weighted by molar-refractivity contribution is 0.104. The maximum atomic E-state index is 12.3. The summed E-state index contributed by atoms with van der Waals surface area (Å²) in [5, 5.41) is 39.4. The van der Waals surface area contributed by atoms with E-state index in [1.807, 2.05) is 13.0 Å². The minimum absolute atomic E-state index is 0.0134. The van der Waals surface area contributed by atoms with Crippen LogP contribution in [0.1, 0.15) is 55.1 Å². The van der Waals surface area contributed by atoms with E-state index in [0.29, 0.717) is 17.5 Å². The van der Waals surface area contributed by atoms with E-state index in [9.17, 15) is 25.2 Å². The Kier molecular flexibility index (Phi) is 7.87. The first-order chi connectivity index (χ1) is 14.2. The summed E-state index contributed by atoms with van der Waals surface area (Å²) in [5.41, 5.74) is 3.54. The Morgan fingerprint density at radius 2 is 1.63 bits per heavy atom. The number of hydrogen-bond donors (Lipinski definition) is 4. The molecule has 0 aromatic heterocycles. The van der Waals surface area contributed by atoms with E-state index in [1.54, 1.807) is 6.07 Å². The molecule has 2 aromatic carbocycles. The first-order valence-corrected chi connectivity index (χ1v) is 9.75. The van der Waals surface area contributed by atoms with Crippen LogP contribution in [0.3, 0.4) is 0 Å². The molecule has 0 unspecified atom stereocenters. The van der Waals surface area contributed by atoms with Gasteiger partial charge in [-0.2, -0.15) is 0 Å². The van der Waals surface area contributed by atoms with E-state index in [0.717, 1.165) is 18.9 Å². The van der Waals surface area contributed by atoms with Crippen molar-refractivity contribution in [2.24, 2.45) is 0 Å². The summed E-state index contributed by atoms with van der Waals surface area (Å²) in [7, 11) is 0. The molecule has 2 aromatic rings. The Morgan fingerprint density at radius 3 is 2.30 bits per heavy atom. The zero-order chi connectivity index (χ0) is 22.3. The first-order valence-electron chi connectivity index (χ1n) is 9.75. The molecule has 0 atom stereocenters. The van der Waals surface area contributed by atoms with Gasteiger partial charge in [0.25, 0.3) is 0 Å². The quantitative estimate of drug-likeness (QED) is 0.257. The summed E-state index contributed by atoms with van der Waals surface area (Å²) in [6, 6.07) is 6.60. The third-order valence-electron chi connectivity index (χ3n) is 4.65. The molecule has 0 aliphatic heterocycles. The van der Waals surface area contributed by atoms with Crippen LogP contribution < -0.4 is 0 Å². The van der Waals surface area contributed by atoms with Crippen molar-refractivity contribution < 1.29 is 25.2 Å². The first kappa shape index (κ1) is 22.8. The summed E-state index contributed by atoms with van der Waals surface area (Å²) in [6.45, 7) is 6.17. The predicted octanol–water partition coefficient (Wildman–Crippen LogP) is 5.64. The van der Waals surface area contributed by atoms with E-state index in [4.69, 9.17) is 0 Å². The molecule has 0 aliphatic rings. The number of phenols is 4. The number of benzene rings is 2. The van der Waals surface area contributed by atoms with Crippen molar-refractivity contribution in [1.29, 1.82) is 0 Å². The Labute approximate surface area is 177 Å². The summed E-state index contributed by atoms with van der Waals surface area (Å²) >= 11 is 0. The Bertz CT molecular complexity index is 1010. The molecule has 2 rings (SSSR count). The minimum atomic E-state index is -0.475. The topological polar surface area (TPSA) is 98.0 Å². The molecule has 0 bridgehead atoms. The Hall–Kier alpha value is -3.47. The monoisotopic (exact) mass is 408 g/mol. The third kappa shape index (κ3) is 6.55. The highest BCUT2D eigenvalue weighted by Crippen LogP contribution is 2.30. The predicted molar refractivity (Wildman–Crippen MR) is 119 cm³/mol. The highest BCUT2D eigenvalue weighted by atomic mass is 16.3. The normalized spacial score (nSPS) is 11.6. The maximum absolute atomic E-state index is 12.3. The fourth-order valence-corrected chi connectivity index (χ4v) is 2.90. The van der Waals surface area contributed by atoms with E-state index in [1.165, 1.54) is 41.5 Å². The van der Waals surface area contributed by atoms with Gasteiger partial charge in [-0.1, -0.05) is 23.3 Å². The van der Waals surface area contributed by atoms with Crippen molar-refractivity contribution >= 4 is 11.9 Å². The number of ketones is 1. The number of carbonyl (C=O) groups excluding carboxylic acids is 1. The largest absolute Gasteiger partial charge is 0.508 e. The van der Waals surface area contributed by atoms with Crippen molar-refractivity contribution in [1.82, 2.24) is 0 Å². The molecular weight excluding hydrogens is 380 g/mol. The molecule has 0 amide bonds. The summed E-state index contributed by atoms with van der Waals surface area (Å²) in [4.78, 5) is 12.3. The minimum Gasteiger partial charge on any atom is -0.508 e. The highest BCUT2D eigenvalue weighted by molar-refractivity contribution is 6.08. The molecule has 5 heteroatoms. The molecule has 0 spiro atoms. The van der Waals surface area contributed by atoms with Crippen LogP contribution >= 0.6 is 0 Å². The molecule has 0 fully saturated rings. The Morgan fingerprint density at radius 1 is 0.900 bits per heavy atom. The van der Waals surface area contributed by atoms with E-state index < -0.39 is 5.78 Å². The van der Waals surface area contributed by atoms with Gasteiger partial charge in [0.05, 0.1) is 5.56 Å². The molecule has 0 aliphatic carbocycles. The molecule has 5 nitrogen and oxygen atoms in total. The lowest BCUT2D eigenvalue weighted by Gasteiger charge is -2.07. The van der Waals surface area contributed by atoms with Crippen LogP contribution in [-0.2, 0) is 6.42 Å². The lowest BCUT2D eigenvalue weighted by atomic mass is 10.0. The molecule has 158 valence electrons. The van der Waals surface area contributed by atoms with E-state index in [2.05, 4.69) is 19.9 Å². The molecule has 4 N–H and O–H groups in total. The number of rotatable bonds is 8. The molecule has 30 heavy (non-hydrogen) atoms. The molecule has 0 radical (unpaired) electrons. The second-order valence-corrected chi connectivity index (χ2v) is 7.51. The van der Waals surface area contributed by atoms with Crippen molar-refractivity contribution in [3.8, 4) is 23.0 Å². The average molecular weight is 408 g/mol. The van der Waals surface area contributed by atoms with E-state index >= 15 is 0 Å². The summed E-state index contributed by atoms with van der Waals surface area (Å²) < 4.78 is 0. The Balaban J connectivity index is 2.16. The maximum Gasteiger partial charge on any atom is 0.189 e. The van der Waals surface area contributed by atoms with E-state index in [-0.39, 0.29) is 28.6 Å². The zero-order valence-corrected chi connectivity index (χ0v) is 17.5. The molecule has 0 saturated heterocycles. The van der Waals surface area contributed by atoms with Crippen LogP contribution in [0.15, 0.2) is 59.7 Å². The number of aromatic hydroxyl groups is 4. The van der Waals surface area contributed by atoms with Crippen LogP contribution in [0, 0.1) is 0 Å². The number of allylic oxidation sites excluding steroid dienone is 5. The fraction of sp³-hybridized carbons (Fsp3) is 0.240. The van der Waals surface area contributed by atoms with Crippen molar-refractivity contribution in [2.45, 2.75) is 40.0 Å². The standard InChI is InChI=1S/C25H28O5/c1-16(2)5-4-6-17(3)7-8-18-13-19(24(29)15-23(18)28)9-12-22(27)21-11-10-20(26)14-25(21)30/h5,7,9-15,26,28-30H,4,6,8H2,1-3H3/b12-9+,17-7+. The lowest BCUT2D eigenvalue weighted by Crippen LogP contribution is -1.94. The van der Waals surface area contributed by atoms with Crippen LogP contribution in [-0.4, -0.2) is 26.2 Å². The summed E-state index contributed by atoms with van der Waals surface area (Å²) in [6.07, 6.45) is 9.27.